The molecule has 20 rings (SSSR count). The second-order valence-corrected chi connectivity index (χ2v) is 34.3. The second-order valence-electron chi connectivity index (χ2n) is 34.3. The van der Waals surface area contributed by atoms with Crippen molar-refractivity contribution >= 4 is 92.0 Å². The van der Waals surface area contributed by atoms with Gasteiger partial charge in [-0.25, -0.2) is 0 Å². The summed E-state index contributed by atoms with van der Waals surface area (Å²) < 4.78 is 0. The van der Waals surface area contributed by atoms with Crippen molar-refractivity contribution in [3.8, 4) is 69.0 Å². The highest BCUT2D eigenvalue weighted by Gasteiger charge is 2.31. The average molecular weight is 1690 g/mol. The Labute approximate surface area is 744 Å². The molecule has 129 heavy (non-hydrogen) atoms. The van der Waals surface area contributed by atoms with Gasteiger partial charge >= 0.3 is 0 Å². The summed E-state index contributed by atoms with van der Waals surface area (Å²) in [5, 5.41) is 153. The lowest BCUT2D eigenvalue weighted by molar-refractivity contribution is 0.103. The van der Waals surface area contributed by atoms with Crippen molar-refractivity contribution in [3.05, 3.63) is 451 Å². The van der Waals surface area contributed by atoms with Gasteiger partial charge in [0.05, 0.1) is 0 Å². The minimum atomic E-state index is -0.762. The first kappa shape index (κ1) is 82.4. The van der Waals surface area contributed by atoms with Gasteiger partial charge in [-0.15, -0.1) is 0 Å². The van der Waals surface area contributed by atoms with Crippen molar-refractivity contribution in [3.63, 3.8) is 0 Å². The molecule has 0 amide bonds. The number of hydrogen-bond acceptors (Lipinski definition) is 13. The summed E-state index contributed by atoms with van der Waals surface area (Å²) in [6, 6.07) is 105. The lowest BCUT2D eigenvalue weighted by Gasteiger charge is -2.30. The Morgan fingerprint density at radius 2 is 0.318 bits per heavy atom. The summed E-state index contributed by atoms with van der Waals surface area (Å²) >= 11 is 0. The van der Waals surface area contributed by atoms with Gasteiger partial charge in [-0.05, 0) is 167 Å². The van der Waals surface area contributed by atoms with Crippen LogP contribution in [0.2, 0.25) is 0 Å². The summed E-state index contributed by atoms with van der Waals surface area (Å²) in [4.78, 5) is 15.1. The molecule has 0 aliphatic rings. The van der Waals surface area contributed by atoms with Gasteiger partial charge in [0.1, 0.15) is 69.0 Å². The van der Waals surface area contributed by atoms with E-state index >= 15 is 4.79 Å². The number of benzene rings is 20. The highest BCUT2D eigenvalue weighted by Crippen LogP contribution is 2.47. The van der Waals surface area contributed by atoms with Crippen molar-refractivity contribution < 1.29 is 66.1 Å². The van der Waals surface area contributed by atoms with E-state index in [1.165, 1.54) is 0 Å². The van der Waals surface area contributed by atoms with E-state index in [0.717, 1.165) is 75.8 Å². The SMILES string of the molecule is CC(C)(c1cc(Cc2ccc3ccccc3c2O)c(O)c(Cc2ccc3ccccc3c2O)c1)c1cc(Cc2ccc3ccccc3c2O)c(O)c(Cc2ccc3ccccc3c2O)c1.O=C(c1cc(Cc2ccc3ccccc3c2O)c(O)c(Cc2ccc3ccccc3c2O)c1)c1cc(Cc2ccc3ccccc3c2O)c(O)c(Cc2ccc3ccccc3c2O)c1. The fraction of sp³-hybridized carbons (Fsp3) is 0.0948. The van der Waals surface area contributed by atoms with E-state index in [2.05, 4.69) is 13.8 Å². The first-order valence-electron chi connectivity index (χ1n) is 43.1. The predicted molar refractivity (Wildman–Crippen MR) is 515 cm³/mol. The van der Waals surface area contributed by atoms with Crippen molar-refractivity contribution in [2.45, 2.75) is 70.6 Å². The third kappa shape index (κ3) is 15.8. The molecule has 20 aromatic rings. The number of rotatable bonds is 20. The number of phenolic OH excluding ortho intramolecular Hbond substituents is 12. The zero-order valence-electron chi connectivity index (χ0n) is 70.8. The van der Waals surface area contributed by atoms with Crippen LogP contribution in [-0.4, -0.2) is 67.1 Å². The van der Waals surface area contributed by atoms with E-state index < -0.39 is 11.2 Å². The Hall–Kier alpha value is -16.3. The summed E-state index contributed by atoms with van der Waals surface area (Å²) in [5.74, 6) is 0.537. The molecule has 0 radical (unpaired) electrons. The number of fused-ring (bicyclic) bond motifs is 8. The Bertz CT molecular complexity index is 7020. The molecule has 632 valence electrons. The molecule has 0 bridgehead atoms. The van der Waals surface area contributed by atoms with Crippen LogP contribution < -0.4 is 0 Å². The molecule has 0 atom stereocenters. The van der Waals surface area contributed by atoms with Crippen molar-refractivity contribution in [2.24, 2.45) is 0 Å². The van der Waals surface area contributed by atoms with Crippen molar-refractivity contribution in [2.75, 3.05) is 0 Å². The number of carbonyl (C=O) groups is 1. The smallest absolute Gasteiger partial charge is 0.193 e. The molecule has 0 unspecified atom stereocenters. The van der Waals surface area contributed by atoms with Gasteiger partial charge in [-0.3, -0.25) is 4.79 Å². The third-order valence-corrected chi connectivity index (χ3v) is 26.0. The van der Waals surface area contributed by atoms with E-state index in [4.69, 9.17) is 0 Å². The van der Waals surface area contributed by atoms with Crippen LogP contribution >= 0.6 is 0 Å². The van der Waals surface area contributed by atoms with Crippen molar-refractivity contribution in [1.29, 1.82) is 0 Å². The van der Waals surface area contributed by atoms with Crippen molar-refractivity contribution in [1.82, 2.24) is 0 Å². The van der Waals surface area contributed by atoms with E-state index in [0.29, 0.717) is 111 Å². The number of phenols is 12. The Balaban J connectivity index is 0.000000168. The predicted octanol–water partition coefficient (Wildman–Crippen LogP) is 25.3. The standard InChI is InChI=1S/C59H48O6.C57H42O7/c1-59(2,47-31-43(27-39-23-19-35-11-3-7-15-49(35)55(39)62)53(60)44(32-47)28-40-24-20-36-12-4-8-16-50(36)56(40)63)48-33-45(29-41-25-21-37-13-5-9-17-51(37)57(41)64)54(61)46(34-48)30-42-26-22-38-14-6-10-18-52(38)58(42)65;58-51-41(25-37-21-17-33-9-1-5-13-47(33)54(37)61)29-45(30-42(51)26-38-22-18-34-10-2-6-14-48(34)55(38)62)53(60)46-31-43(27-39-23-19-35-11-3-7-15-49(35)56(39)63)52(59)44(32-46)28-40-24-20-36-12-4-8-16-50(36)57(40)64/h3-26,31-34,60-65H,27-30H2,1-2H3;1-24,29-32,58-59,61-64H,25-28H2. The molecule has 0 fully saturated rings. The maximum atomic E-state index is 15.1. The number of hydrogen-bond donors (Lipinski definition) is 12. The second kappa shape index (κ2) is 34.0. The highest BCUT2D eigenvalue weighted by molar-refractivity contribution is 6.10. The van der Waals surface area contributed by atoms with Crippen LogP contribution in [0.15, 0.2) is 340 Å². The van der Waals surface area contributed by atoms with Crippen LogP contribution in [0.3, 0.4) is 0 Å². The Morgan fingerprint density at radius 1 is 0.178 bits per heavy atom. The minimum Gasteiger partial charge on any atom is -0.507 e. The normalized spacial score (nSPS) is 11.7. The van der Waals surface area contributed by atoms with Crippen LogP contribution in [0, 0.1) is 0 Å². The largest absolute Gasteiger partial charge is 0.507 e. The lowest BCUT2D eigenvalue weighted by atomic mass is 9.74. The van der Waals surface area contributed by atoms with Crippen LogP contribution in [0.25, 0.3) is 86.2 Å². The summed E-state index contributed by atoms with van der Waals surface area (Å²) in [5.41, 5.74) is 10.3. The van der Waals surface area contributed by atoms with E-state index in [9.17, 15) is 61.3 Å². The Kier molecular flexibility index (Phi) is 21.7. The summed E-state index contributed by atoms with van der Waals surface area (Å²) in [7, 11) is 0. The molecular weight excluding hydrogens is 1600 g/mol. The molecule has 0 aliphatic carbocycles. The zero-order valence-corrected chi connectivity index (χ0v) is 70.8. The molecule has 0 spiro atoms. The molecule has 0 saturated heterocycles. The molecule has 0 aromatic heterocycles. The molecule has 13 heteroatoms. The summed E-state index contributed by atoms with van der Waals surface area (Å²) in [6.07, 6.45) is 1.30. The zero-order chi connectivity index (χ0) is 89.0. The fourth-order valence-electron chi connectivity index (χ4n) is 18.6. The maximum Gasteiger partial charge on any atom is 0.193 e. The number of ketones is 1. The first-order valence-corrected chi connectivity index (χ1v) is 43.1. The number of carbonyl (C=O) groups excluding carboxylic acids is 1. The van der Waals surface area contributed by atoms with Gasteiger partial charge in [0.25, 0.3) is 0 Å². The Morgan fingerprint density at radius 3 is 0.473 bits per heavy atom. The molecular formula is C116H90O13. The first-order chi connectivity index (χ1) is 62.5. The van der Waals surface area contributed by atoms with Crippen LogP contribution in [0.5, 0.6) is 69.0 Å². The van der Waals surface area contributed by atoms with Gasteiger partial charge in [0.2, 0.25) is 0 Å². The van der Waals surface area contributed by atoms with Gasteiger partial charge < -0.3 is 61.3 Å². The monoisotopic (exact) mass is 1690 g/mol. The van der Waals surface area contributed by atoms with Crippen LogP contribution in [-0.2, 0) is 56.8 Å². The molecule has 20 aromatic carbocycles. The highest BCUT2D eigenvalue weighted by atomic mass is 16.3. The van der Waals surface area contributed by atoms with Gasteiger partial charge in [0.15, 0.2) is 5.78 Å². The molecule has 13 nitrogen and oxygen atoms in total. The molecule has 0 heterocycles. The maximum absolute atomic E-state index is 15.1. The van der Waals surface area contributed by atoms with Crippen LogP contribution in [0.4, 0.5) is 0 Å². The van der Waals surface area contributed by atoms with Gasteiger partial charge in [-0.2, -0.15) is 0 Å². The fourth-order valence-corrected chi connectivity index (χ4v) is 18.6. The number of aromatic hydroxyl groups is 12. The average Bonchev–Trinajstić information content (AvgIpc) is 0.754. The van der Waals surface area contributed by atoms with E-state index in [-0.39, 0.29) is 131 Å². The molecule has 0 saturated carbocycles. The molecule has 12 N–H and O–H groups in total. The van der Waals surface area contributed by atoms with Crippen LogP contribution in [0.1, 0.15) is 130 Å². The van der Waals surface area contributed by atoms with E-state index in [1.54, 1.807) is 24.3 Å². The lowest BCUT2D eigenvalue weighted by Crippen LogP contribution is -2.21. The third-order valence-electron chi connectivity index (χ3n) is 26.0. The topological polar surface area (TPSA) is 260 Å². The van der Waals surface area contributed by atoms with Gasteiger partial charge in [0, 0.05) is 111 Å². The van der Waals surface area contributed by atoms with E-state index in [1.807, 2.05) is 315 Å². The van der Waals surface area contributed by atoms with Gasteiger partial charge in [-0.1, -0.05) is 329 Å². The summed E-state index contributed by atoms with van der Waals surface area (Å²) in [6.45, 7) is 4.21. The molecule has 0 aliphatic heterocycles. The minimum absolute atomic E-state index is 0.0673. The quantitative estimate of drug-likeness (QED) is 0.0317.